The molecule has 1 aromatic rings. The van der Waals surface area contributed by atoms with Gasteiger partial charge < -0.3 is 0 Å². The van der Waals surface area contributed by atoms with Crippen molar-refractivity contribution >= 4 is 26.5 Å². The van der Waals surface area contributed by atoms with Gasteiger partial charge in [0.2, 0.25) is 0 Å². The predicted molar refractivity (Wildman–Crippen MR) is 127 cm³/mol. The van der Waals surface area contributed by atoms with Gasteiger partial charge in [0.05, 0.1) is 0 Å². The second kappa shape index (κ2) is 11.7. The third-order valence-electron chi connectivity index (χ3n) is 6.14. The van der Waals surface area contributed by atoms with Crippen molar-refractivity contribution in [1.29, 1.82) is 0 Å². The first-order chi connectivity index (χ1) is 12.3. The summed E-state index contributed by atoms with van der Waals surface area (Å²) in [7, 11) is -1.38. The molecule has 0 saturated carbocycles. The molecular weight excluding hydrogens is 435 g/mol. The van der Waals surface area contributed by atoms with Crippen molar-refractivity contribution < 1.29 is 0 Å². The van der Waals surface area contributed by atoms with E-state index in [1.807, 2.05) is 0 Å². The van der Waals surface area contributed by atoms with Crippen LogP contribution in [0.1, 0.15) is 68.8 Å². The second-order valence-corrected chi connectivity index (χ2v) is 28.1. The van der Waals surface area contributed by atoms with E-state index in [2.05, 4.69) is 70.7 Å². The van der Waals surface area contributed by atoms with Crippen molar-refractivity contribution in [3.8, 4) is 0 Å². The van der Waals surface area contributed by atoms with Crippen molar-refractivity contribution in [2.45, 2.75) is 96.2 Å². The Morgan fingerprint density at radius 2 is 1.27 bits per heavy atom. The maximum atomic E-state index is 4.81. The quantitative estimate of drug-likeness (QED) is 0.249. The topological polar surface area (TPSA) is 0 Å². The van der Waals surface area contributed by atoms with Crippen LogP contribution >= 0.6 is 0 Å². The molecule has 0 aromatic heterocycles. The summed E-state index contributed by atoms with van der Waals surface area (Å²) in [5, 5.41) is 1.66. The molecule has 0 aliphatic rings. The molecule has 0 bridgehead atoms. The number of allylic oxidation sites excluding steroid dienone is 1. The molecule has 0 saturated heterocycles. The van der Waals surface area contributed by atoms with E-state index in [1.165, 1.54) is 38.5 Å². The zero-order chi connectivity index (χ0) is 19.6. The average molecular weight is 479 g/mol. The third-order valence-corrected chi connectivity index (χ3v) is 26.2. The van der Waals surface area contributed by atoms with Crippen molar-refractivity contribution in [3.05, 3.63) is 47.7 Å². The fourth-order valence-electron chi connectivity index (χ4n) is 4.40. The molecule has 0 spiro atoms. The zero-order valence-corrected chi connectivity index (χ0v) is 22.4. The monoisotopic (exact) mass is 480 g/mol. The van der Waals surface area contributed by atoms with Crippen molar-refractivity contribution in [2.75, 3.05) is 0 Å². The minimum absolute atomic E-state index is 0.738. The van der Waals surface area contributed by atoms with Gasteiger partial charge in [-0.15, -0.1) is 0 Å². The Hall–Kier alpha value is -0.0244. The number of benzene rings is 1. The number of rotatable bonds is 13. The average Bonchev–Trinajstić information content (AvgIpc) is 2.62. The van der Waals surface area contributed by atoms with Crippen LogP contribution < -0.4 is 0 Å². The van der Waals surface area contributed by atoms with Crippen LogP contribution in [0.25, 0.3) is 0 Å². The SMILES string of the molecule is C=C([CH](c1ccccc1)[Sn]([CH2]CCC)([CH2]CCC)[CH2]CCC)[Si](C)(C)C. The van der Waals surface area contributed by atoms with E-state index >= 15 is 0 Å². The number of hydrogen-bond acceptors (Lipinski definition) is 0. The Balaban J connectivity index is 3.47. The Labute approximate surface area is 169 Å². The molecule has 1 atom stereocenters. The van der Waals surface area contributed by atoms with Crippen LogP contribution in [0.2, 0.25) is 33.0 Å². The van der Waals surface area contributed by atoms with Gasteiger partial charge in [0.15, 0.2) is 0 Å². The first-order valence-electron chi connectivity index (χ1n) is 11.1. The number of hydrogen-bond donors (Lipinski definition) is 0. The third kappa shape index (κ3) is 6.85. The van der Waals surface area contributed by atoms with E-state index in [4.69, 9.17) is 6.58 Å². The molecule has 0 nitrogen and oxygen atoms in total. The summed E-state index contributed by atoms with van der Waals surface area (Å²) in [6.45, 7) is 19.5. The summed E-state index contributed by atoms with van der Waals surface area (Å²) in [6, 6.07) is 11.5. The van der Waals surface area contributed by atoms with Gasteiger partial charge >= 0.3 is 170 Å². The van der Waals surface area contributed by atoms with Crippen LogP contribution in [0.3, 0.4) is 0 Å². The predicted octanol–water partition coefficient (Wildman–Crippen LogP) is 8.59. The molecule has 0 aliphatic carbocycles. The van der Waals surface area contributed by atoms with E-state index in [1.54, 1.807) is 24.1 Å². The summed E-state index contributed by atoms with van der Waals surface area (Å²) >= 11 is -2.42. The van der Waals surface area contributed by atoms with Gasteiger partial charge in [-0.05, 0) is 0 Å². The van der Waals surface area contributed by atoms with Gasteiger partial charge in [0.25, 0.3) is 0 Å². The van der Waals surface area contributed by atoms with E-state index in [0.29, 0.717) is 0 Å². The van der Waals surface area contributed by atoms with Crippen LogP contribution in [0.4, 0.5) is 0 Å². The first-order valence-corrected chi connectivity index (χ1v) is 22.3. The standard InChI is InChI=1S/C12H17Si.3C4H9.Sn/c1-11(13(2,3)4)10-12-8-6-5-7-9-12;3*1-3-4-2;/h5-10H,1H2,2-4H3;3*1,3-4H2,2H3;. The molecule has 0 N–H and O–H groups in total. The normalized spacial score (nSPS) is 13.6. The van der Waals surface area contributed by atoms with E-state index in [9.17, 15) is 0 Å². The Morgan fingerprint density at radius 1 is 0.846 bits per heavy atom. The van der Waals surface area contributed by atoms with E-state index < -0.39 is 26.5 Å². The maximum absolute atomic E-state index is 4.81. The van der Waals surface area contributed by atoms with Gasteiger partial charge in [-0.25, -0.2) is 0 Å². The van der Waals surface area contributed by atoms with E-state index in [0.717, 1.165) is 3.93 Å². The Bertz CT molecular complexity index is 493. The fraction of sp³-hybridized carbons (Fsp3) is 0.667. The fourth-order valence-corrected chi connectivity index (χ4v) is 29.5. The van der Waals surface area contributed by atoms with Gasteiger partial charge in [0, 0.05) is 0 Å². The van der Waals surface area contributed by atoms with Crippen LogP contribution in [0, 0.1) is 0 Å². The Morgan fingerprint density at radius 3 is 1.62 bits per heavy atom. The zero-order valence-electron chi connectivity index (χ0n) is 18.5. The molecule has 1 rings (SSSR count). The van der Waals surface area contributed by atoms with Crippen molar-refractivity contribution in [3.63, 3.8) is 0 Å². The Kier molecular flexibility index (Phi) is 10.8. The molecule has 0 heterocycles. The van der Waals surface area contributed by atoms with Crippen molar-refractivity contribution in [2.24, 2.45) is 0 Å². The van der Waals surface area contributed by atoms with Crippen molar-refractivity contribution in [1.82, 2.24) is 0 Å². The van der Waals surface area contributed by atoms with Crippen LogP contribution in [-0.4, -0.2) is 26.5 Å². The van der Waals surface area contributed by atoms with Crippen LogP contribution in [-0.2, 0) is 0 Å². The molecule has 0 radical (unpaired) electrons. The molecule has 26 heavy (non-hydrogen) atoms. The first kappa shape index (κ1) is 24.0. The second-order valence-electron chi connectivity index (χ2n) is 9.29. The van der Waals surface area contributed by atoms with Gasteiger partial charge in [0.1, 0.15) is 0 Å². The molecule has 2 heteroatoms. The summed E-state index contributed by atoms with van der Waals surface area (Å²) in [4.78, 5) is 0. The van der Waals surface area contributed by atoms with Gasteiger partial charge in [-0.1, -0.05) is 0 Å². The summed E-state index contributed by atoms with van der Waals surface area (Å²) in [6.07, 6.45) is 8.34. The molecule has 0 fully saturated rings. The summed E-state index contributed by atoms with van der Waals surface area (Å²) < 4.78 is 5.43. The van der Waals surface area contributed by atoms with Crippen LogP contribution in [0.5, 0.6) is 0 Å². The van der Waals surface area contributed by atoms with Gasteiger partial charge in [-0.2, -0.15) is 0 Å². The molecule has 0 aliphatic heterocycles. The summed E-state index contributed by atoms with van der Waals surface area (Å²) in [5.41, 5.74) is 1.61. The number of unbranched alkanes of at least 4 members (excludes halogenated alkanes) is 3. The minimum atomic E-state index is -2.42. The molecule has 148 valence electrons. The molecular formula is C24H44SiSn. The molecule has 1 unspecified atom stereocenters. The van der Waals surface area contributed by atoms with Crippen LogP contribution in [0.15, 0.2) is 42.1 Å². The summed E-state index contributed by atoms with van der Waals surface area (Å²) in [5.74, 6) is 0. The van der Waals surface area contributed by atoms with Gasteiger partial charge in [-0.3, -0.25) is 0 Å². The van der Waals surface area contributed by atoms with E-state index in [-0.39, 0.29) is 0 Å². The molecule has 0 amide bonds. The molecule has 1 aromatic carbocycles.